The molecule has 0 saturated heterocycles. The summed E-state index contributed by atoms with van der Waals surface area (Å²) in [5.74, 6) is -0.409. The number of amides is 1. The fraction of sp³-hybridized carbons (Fsp3) is 0.0870. The number of benzene rings is 2. The van der Waals surface area contributed by atoms with Crippen molar-refractivity contribution in [1.82, 2.24) is 29.4 Å². The van der Waals surface area contributed by atoms with Gasteiger partial charge in [0, 0.05) is 23.0 Å². The lowest BCUT2D eigenvalue weighted by atomic mass is 10.1. The van der Waals surface area contributed by atoms with Gasteiger partial charge in [-0.2, -0.15) is 23.4 Å². The molecular weight excluding hydrogens is 461 g/mol. The number of nitrogen functional groups attached to an aromatic ring is 1. The van der Waals surface area contributed by atoms with Crippen molar-refractivity contribution in [3.8, 4) is 16.9 Å². The van der Waals surface area contributed by atoms with Crippen LogP contribution >= 0.6 is 0 Å². The second kappa shape index (κ2) is 8.24. The minimum atomic E-state index is -4.54. The van der Waals surface area contributed by atoms with Gasteiger partial charge in [-0.25, -0.2) is 19.2 Å². The Bertz CT molecular complexity index is 1570. The number of anilines is 2. The smallest absolute Gasteiger partial charge is 0.381 e. The predicted molar refractivity (Wildman–Crippen MR) is 122 cm³/mol. The highest BCUT2D eigenvalue weighted by Crippen LogP contribution is 2.30. The lowest BCUT2D eigenvalue weighted by Crippen LogP contribution is -2.14. The van der Waals surface area contributed by atoms with Crippen LogP contribution in [0.5, 0.6) is 0 Å². The molecular formula is C23H17F3N8O. The molecule has 9 nitrogen and oxygen atoms in total. The highest BCUT2D eigenvalue weighted by atomic mass is 19.4. The molecule has 0 fully saturated rings. The number of carbonyl (C=O) groups is 1. The molecule has 0 unspecified atom stereocenters. The Balaban J connectivity index is 1.43. The Labute approximate surface area is 196 Å². The van der Waals surface area contributed by atoms with E-state index in [1.165, 1.54) is 18.5 Å². The Hall–Kier alpha value is -4.74. The number of aryl methyl sites for hydroxylation is 1. The summed E-state index contributed by atoms with van der Waals surface area (Å²) in [5.41, 5.74) is 8.59. The van der Waals surface area contributed by atoms with Gasteiger partial charge in [0.15, 0.2) is 11.5 Å². The van der Waals surface area contributed by atoms with Gasteiger partial charge in [0.25, 0.3) is 5.91 Å². The fourth-order valence-electron chi connectivity index (χ4n) is 3.59. The predicted octanol–water partition coefficient (Wildman–Crippen LogP) is 4.14. The minimum absolute atomic E-state index is 0.0998. The average molecular weight is 478 g/mol. The van der Waals surface area contributed by atoms with Crippen molar-refractivity contribution in [1.29, 1.82) is 0 Å². The molecule has 35 heavy (non-hydrogen) atoms. The van der Waals surface area contributed by atoms with Crippen molar-refractivity contribution < 1.29 is 18.0 Å². The van der Waals surface area contributed by atoms with Gasteiger partial charge in [-0.05, 0) is 42.8 Å². The number of aromatic nitrogens is 6. The summed E-state index contributed by atoms with van der Waals surface area (Å²) in [6.45, 7) is 1.87. The van der Waals surface area contributed by atoms with Crippen LogP contribution in [0.1, 0.15) is 21.5 Å². The van der Waals surface area contributed by atoms with Gasteiger partial charge in [0.1, 0.15) is 6.33 Å². The molecule has 1 amide bonds. The van der Waals surface area contributed by atoms with Crippen molar-refractivity contribution in [2.75, 3.05) is 11.1 Å². The van der Waals surface area contributed by atoms with Gasteiger partial charge < -0.3 is 11.1 Å². The van der Waals surface area contributed by atoms with Crippen molar-refractivity contribution in [3.05, 3.63) is 84.1 Å². The summed E-state index contributed by atoms with van der Waals surface area (Å²) in [7, 11) is 0. The standard InChI is InChI=1S/C23H17F3N8O/c1-13-5-6-17(32-22(35)14-3-2-4-16(7-14)23(24,25)26)8-18(13)33-11-15(9-30-33)19-10-28-21-20(27)29-12-31-34(19)21/h2-12H,1H3,(H,32,35)(H2,27,29,31). The van der Waals surface area contributed by atoms with E-state index < -0.39 is 17.6 Å². The molecule has 5 rings (SSSR count). The number of halogens is 3. The number of alkyl halides is 3. The van der Waals surface area contributed by atoms with Crippen LogP contribution in [-0.4, -0.2) is 35.3 Å². The van der Waals surface area contributed by atoms with Crippen LogP contribution in [0.15, 0.2) is 67.4 Å². The van der Waals surface area contributed by atoms with Crippen molar-refractivity contribution in [3.63, 3.8) is 0 Å². The van der Waals surface area contributed by atoms with Crippen molar-refractivity contribution in [2.24, 2.45) is 0 Å². The molecule has 5 aromatic rings. The maximum atomic E-state index is 13.0. The van der Waals surface area contributed by atoms with E-state index in [-0.39, 0.29) is 11.4 Å². The number of fused-ring (bicyclic) bond motifs is 1. The van der Waals surface area contributed by atoms with E-state index >= 15 is 0 Å². The van der Waals surface area contributed by atoms with E-state index in [1.807, 2.05) is 6.92 Å². The van der Waals surface area contributed by atoms with Gasteiger partial charge >= 0.3 is 6.18 Å². The molecule has 0 aliphatic rings. The first-order valence-electron chi connectivity index (χ1n) is 10.3. The van der Waals surface area contributed by atoms with Gasteiger partial charge in [-0.15, -0.1) is 0 Å². The maximum absolute atomic E-state index is 13.0. The highest BCUT2D eigenvalue weighted by molar-refractivity contribution is 6.04. The summed E-state index contributed by atoms with van der Waals surface area (Å²) >= 11 is 0. The number of imidazole rings is 1. The summed E-state index contributed by atoms with van der Waals surface area (Å²) in [6, 6.07) is 9.39. The molecule has 2 aromatic carbocycles. The van der Waals surface area contributed by atoms with Crippen LogP contribution in [-0.2, 0) is 6.18 Å². The number of nitrogens with zero attached hydrogens (tertiary/aromatic N) is 6. The molecule has 0 spiro atoms. The Morgan fingerprint density at radius 1 is 1.06 bits per heavy atom. The molecule has 0 radical (unpaired) electrons. The van der Waals surface area contributed by atoms with E-state index in [0.29, 0.717) is 28.3 Å². The van der Waals surface area contributed by atoms with Gasteiger partial charge in [-0.1, -0.05) is 12.1 Å². The summed E-state index contributed by atoms with van der Waals surface area (Å²) in [4.78, 5) is 20.8. The van der Waals surface area contributed by atoms with Crippen molar-refractivity contribution >= 4 is 23.1 Å². The van der Waals surface area contributed by atoms with Crippen LogP contribution in [0.25, 0.3) is 22.6 Å². The fourth-order valence-corrected chi connectivity index (χ4v) is 3.59. The third-order valence-corrected chi connectivity index (χ3v) is 5.38. The summed E-state index contributed by atoms with van der Waals surface area (Å²) in [5, 5.41) is 11.2. The molecule has 0 atom stereocenters. The number of carbonyl (C=O) groups excluding carboxylic acids is 1. The first-order chi connectivity index (χ1) is 16.7. The second-order valence-corrected chi connectivity index (χ2v) is 7.73. The second-order valence-electron chi connectivity index (χ2n) is 7.73. The summed E-state index contributed by atoms with van der Waals surface area (Å²) in [6.07, 6.45) is 1.81. The summed E-state index contributed by atoms with van der Waals surface area (Å²) < 4.78 is 42.2. The zero-order valence-corrected chi connectivity index (χ0v) is 18.2. The number of nitrogens with two attached hydrogens (primary N) is 1. The average Bonchev–Trinajstić information content (AvgIpc) is 3.48. The topological polar surface area (TPSA) is 116 Å². The van der Waals surface area contributed by atoms with Gasteiger partial charge in [0.2, 0.25) is 0 Å². The van der Waals surface area contributed by atoms with Crippen LogP contribution < -0.4 is 11.1 Å². The largest absolute Gasteiger partial charge is 0.416 e. The molecule has 0 saturated carbocycles. The lowest BCUT2D eigenvalue weighted by Gasteiger charge is -2.12. The monoisotopic (exact) mass is 478 g/mol. The molecule has 0 aliphatic heterocycles. The lowest BCUT2D eigenvalue weighted by molar-refractivity contribution is -0.137. The minimum Gasteiger partial charge on any atom is -0.381 e. The van der Waals surface area contributed by atoms with E-state index in [2.05, 4.69) is 25.5 Å². The Morgan fingerprint density at radius 2 is 1.89 bits per heavy atom. The van der Waals surface area contributed by atoms with E-state index in [9.17, 15) is 18.0 Å². The molecule has 3 heterocycles. The molecule has 12 heteroatoms. The first-order valence-corrected chi connectivity index (χ1v) is 10.3. The number of hydrogen-bond acceptors (Lipinski definition) is 6. The third kappa shape index (κ3) is 4.16. The molecule has 0 aliphatic carbocycles. The molecule has 0 bridgehead atoms. The zero-order valence-electron chi connectivity index (χ0n) is 18.2. The first kappa shape index (κ1) is 22.1. The van der Waals surface area contributed by atoms with Crippen LogP contribution in [0, 0.1) is 6.92 Å². The quantitative estimate of drug-likeness (QED) is 0.401. The van der Waals surface area contributed by atoms with Gasteiger partial charge in [-0.3, -0.25) is 4.79 Å². The van der Waals surface area contributed by atoms with Gasteiger partial charge in [0.05, 0.1) is 29.3 Å². The number of rotatable bonds is 4. The SMILES string of the molecule is Cc1ccc(NC(=O)c2cccc(C(F)(F)F)c2)cc1-n1cc(-c2cnc3c(N)ncnn23)cn1. The zero-order chi connectivity index (χ0) is 24.7. The van der Waals surface area contributed by atoms with Crippen LogP contribution in [0.2, 0.25) is 0 Å². The Kier molecular flexibility index (Phi) is 5.20. The Morgan fingerprint density at radius 3 is 2.69 bits per heavy atom. The number of nitrogens with one attached hydrogen (secondary N) is 1. The normalized spacial score (nSPS) is 11.7. The maximum Gasteiger partial charge on any atom is 0.416 e. The van der Waals surface area contributed by atoms with E-state index in [0.717, 1.165) is 17.7 Å². The highest BCUT2D eigenvalue weighted by Gasteiger charge is 2.30. The van der Waals surface area contributed by atoms with Crippen molar-refractivity contribution in [2.45, 2.75) is 13.1 Å². The van der Waals surface area contributed by atoms with Crippen LogP contribution in [0.3, 0.4) is 0 Å². The van der Waals surface area contributed by atoms with Crippen LogP contribution in [0.4, 0.5) is 24.7 Å². The molecule has 3 aromatic heterocycles. The molecule has 176 valence electrons. The third-order valence-electron chi connectivity index (χ3n) is 5.38. The van der Waals surface area contributed by atoms with E-state index in [4.69, 9.17) is 5.73 Å². The van der Waals surface area contributed by atoms with E-state index in [1.54, 1.807) is 46.0 Å². The molecule has 3 N–H and O–H groups in total. The number of hydrogen-bond donors (Lipinski definition) is 2.